The third kappa shape index (κ3) is 21.8. The Morgan fingerprint density at radius 1 is 0.406 bits per heavy atom. The molecule has 0 radical (unpaired) electrons. The minimum Gasteiger partial charge on any atom is -0.379 e. The van der Waals surface area contributed by atoms with Crippen LogP contribution in [0.15, 0.2) is 170 Å². The van der Waals surface area contributed by atoms with Crippen LogP contribution in [-0.2, 0) is 68.8 Å². The molecule has 5 N–H and O–H groups in total. The number of nitrogens with one attached hydrogen (secondary N) is 5. The number of carbonyl (C=O) groups excluding carboxylic acids is 8. The number of hydrogen-bond acceptors (Lipinski definition) is 14. The highest BCUT2D eigenvalue weighted by atomic mass is 32.2. The Morgan fingerprint density at radius 3 is 1.19 bits per heavy atom. The second kappa shape index (κ2) is 41.0. The van der Waals surface area contributed by atoms with E-state index < -0.39 is 174 Å². The van der Waals surface area contributed by atoms with Crippen molar-refractivity contribution in [3.8, 4) is 0 Å². The summed E-state index contributed by atoms with van der Waals surface area (Å²) in [6, 6.07) is 24.3. The molecule has 8 amide bonds. The predicted molar refractivity (Wildman–Crippen MR) is 474 cm³/mol. The summed E-state index contributed by atoms with van der Waals surface area (Å²) >= 11 is 0. The second-order valence-electron chi connectivity index (χ2n) is 34.8. The van der Waals surface area contributed by atoms with Crippen LogP contribution in [-0.4, -0.2) is 216 Å². The van der Waals surface area contributed by atoms with Crippen LogP contribution in [0.2, 0.25) is 0 Å². The maximum Gasteiger partial charge on any atom is 0.352 e. The Labute approximate surface area is 781 Å². The number of aromatic nitrogens is 1. The first-order valence-electron chi connectivity index (χ1n) is 43.9. The van der Waals surface area contributed by atoms with Gasteiger partial charge in [0.05, 0.1) is 78.8 Å². The van der Waals surface area contributed by atoms with Crippen molar-refractivity contribution in [2.24, 2.45) is 0 Å². The van der Waals surface area contributed by atoms with Crippen LogP contribution in [0.1, 0.15) is 142 Å². The Hall–Kier alpha value is -13.0. The summed E-state index contributed by atoms with van der Waals surface area (Å²) in [6.45, 7) is 12.6. The topological polar surface area (TPSA) is 276 Å². The number of rotatable bonds is 19. The van der Waals surface area contributed by atoms with Crippen molar-refractivity contribution in [1.82, 2.24) is 38.7 Å². The molecule has 7 saturated heterocycles. The van der Waals surface area contributed by atoms with E-state index in [9.17, 15) is 81.9 Å². The molecule has 138 heavy (non-hydrogen) atoms. The number of piperidine rings is 1. The van der Waals surface area contributed by atoms with Crippen molar-refractivity contribution in [3.05, 3.63) is 295 Å². The van der Waals surface area contributed by atoms with Gasteiger partial charge in [0.25, 0.3) is 41.4 Å². The first kappa shape index (κ1) is 101. The number of aryl methyl sites for hydroxylation is 4. The van der Waals surface area contributed by atoms with Crippen molar-refractivity contribution in [2.45, 2.75) is 133 Å². The molecular formula is C97H94F16N12O12S. The summed E-state index contributed by atoms with van der Waals surface area (Å²) in [5.41, 5.74) is -2.19. The van der Waals surface area contributed by atoms with Crippen molar-refractivity contribution < 1.29 is 126 Å². The number of fused-ring (bicyclic) bond motifs is 7. The van der Waals surface area contributed by atoms with Gasteiger partial charge in [-0.3, -0.25) is 43.3 Å². The van der Waals surface area contributed by atoms with Gasteiger partial charge in [-0.1, -0.05) is 6.58 Å². The number of H-pyrrole nitrogens is 1. The quantitative estimate of drug-likeness (QED) is 0.0471. The molecule has 24 nitrogen and oxygen atoms in total. The predicted octanol–water partition coefficient (Wildman–Crippen LogP) is 16.1. The lowest BCUT2D eigenvalue weighted by atomic mass is 9.97. The van der Waals surface area contributed by atoms with E-state index in [0.29, 0.717) is 119 Å². The molecule has 9 aromatic rings. The number of piperazine rings is 2. The molecule has 4 bridgehead atoms. The van der Waals surface area contributed by atoms with E-state index in [0.717, 1.165) is 105 Å². The summed E-state index contributed by atoms with van der Waals surface area (Å²) in [7, 11) is -3.63. The van der Waals surface area contributed by atoms with Gasteiger partial charge in [-0.15, -0.1) is 0 Å². The zero-order valence-corrected chi connectivity index (χ0v) is 75.6. The number of benzene rings is 8. The molecule has 732 valence electrons. The third-order valence-corrected chi connectivity index (χ3v) is 26.9. The van der Waals surface area contributed by atoms with Crippen LogP contribution in [0.25, 0.3) is 0 Å². The molecule has 0 spiro atoms. The van der Waals surface area contributed by atoms with Gasteiger partial charge < -0.3 is 60.2 Å². The van der Waals surface area contributed by atoms with Gasteiger partial charge in [-0.05, 0) is 239 Å². The van der Waals surface area contributed by atoms with E-state index in [1.807, 2.05) is 0 Å². The van der Waals surface area contributed by atoms with Crippen molar-refractivity contribution >= 4 is 80.0 Å². The molecule has 0 aliphatic carbocycles. The van der Waals surface area contributed by atoms with Crippen molar-refractivity contribution in [3.63, 3.8) is 0 Å². The van der Waals surface area contributed by atoms with Gasteiger partial charge in [0.2, 0.25) is 15.9 Å². The molecule has 7 fully saturated rings. The monoisotopic (exact) mass is 1950 g/mol. The number of hydrogen-bond donors (Lipinski definition) is 5. The van der Waals surface area contributed by atoms with Gasteiger partial charge in [-0.2, -0.15) is 39.4 Å². The number of halogens is 16. The summed E-state index contributed by atoms with van der Waals surface area (Å²) < 4.78 is 270. The van der Waals surface area contributed by atoms with E-state index >= 15 is 35.1 Å². The Morgan fingerprint density at radius 2 is 0.790 bits per heavy atom. The average Bonchev–Trinajstić information content (AvgIpc) is 1.57. The Bertz CT molecular complexity index is 6340. The summed E-state index contributed by atoms with van der Waals surface area (Å²) in [4.78, 5) is 112. The van der Waals surface area contributed by atoms with Crippen LogP contribution in [0.5, 0.6) is 0 Å². The summed E-state index contributed by atoms with van der Waals surface area (Å²) in [5, 5.41) is 9.87. The molecule has 17 rings (SSSR count). The minimum absolute atomic E-state index is 0.0497. The maximum absolute atomic E-state index is 15.4. The Balaban J connectivity index is 0.000000147. The highest BCUT2D eigenvalue weighted by Crippen LogP contribution is 2.48. The number of likely N-dealkylation sites (tertiary alicyclic amines) is 1. The fraction of sp³-hybridized carbons (Fsp3) is 0.361. The zero-order valence-electron chi connectivity index (χ0n) is 74.8. The van der Waals surface area contributed by atoms with Crippen LogP contribution in [0, 0.1) is 74.2 Å². The second-order valence-corrected chi connectivity index (χ2v) is 36.8. The molecule has 41 heteroatoms. The van der Waals surface area contributed by atoms with Crippen LogP contribution in [0.3, 0.4) is 0 Å². The third-order valence-electron chi connectivity index (χ3n) is 25.6. The van der Waals surface area contributed by atoms with Crippen LogP contribution < -0.4 is 21.3 Å². The Kier molecular flexibility index (Phi) is 30.0. The van der Waals surface area contributed by atoms with E-state index in [2.05, 4.69) is 37.7 Å². The number of sulfonamides is 1. The lowest BCUT2D eigenvalue weighted by Crippen LogP contribution is -2.68. The van der Waals surface area contributed by atoms with Crippen LogP contribution >= 0.6 is 0 Å². The normalized spacial score (nSPS) is 19.1. The summed E-state index contributed by atoms with van der Waals surface area (Å²) in [5.74, 6) is -31.4. The molecule has 1 aromatic heterocycles. The number of carbonyl (C=O) groups is 8. The van der Waals surface area contributed by atoms with Gasteiger partial charge in [0, 0.05) is 147 Å². The van der Waals surface area contributed by atoms with Gasteiger partial charge in [0.15, 0.2) is 0 Å². The maximum atomic E-state index is 15.4. The molecule has 5 atom stereocenters. The van der Waals surface area contributed by atoms with Gasteiger partial charge >= 0.3 is 23.7 Å². The lowest BCUT2D eigenvalue weighted by molar-refractivity contribution is -0.178. The van der Waals surface area contributed by atoms with E-state index in [4.69, 9.17) is 9.47 Å². The highest BCUT2D eigenvalue weighted by molar-refractivity contribution is 7.88. The largest absolute Gasteiger partial charge is 0.379 e. The molecule has 5 unspecified atom stereocenters. The smallest absolute Gasteiger partial charge is 0.352 e. The van der Waals surface area contributed by atoms with Crippen LogP contribution in [0.4, 0.5) is 93.0 Å². The standard InChI is InChI=1S/C26H29F4N3O2.C25H21F4N3O2.C23H23F4N3O5S.C23H21F4N3O3/c1-17-15-20(4-6-23(17)27)31-25(34)19-3-5-24(28)22(16-19)26(29,30)18(2)32-9-7-21(8-10-32)33-11-13-35-14-12-33;1-13-10-15(3-6-19(13)26)31-23(33)14-2-5-20(27)18(11-14)25(28,29)24(34)32-16-4-7-22(32)17-8-9-30-21(17)12-16;1-13-7-15(4-6-19(13)24)28-21(31)14-3-5-20(25)18(8-14)23(26,27)22(32)30-16-9-29(36(2,33)34)10-17(30)12-35-11-16;1-13-10-15(3-6-18(13)24)28-21(32)14-2-5-19(25)17(11-14)23(26,27)22(33)29-8-9-30-16(12-29)4-7-20(30)31/h3-6,15-16,21H,2,7-14H2,1H3,(H,31,34);2-3,5-6,8-11,16,22,30H,4,7,12H2,1H3,(H,31,33);3-8,16-17H,9-12H2,1-2H3,(H,28,31);2-3,5-6,10-11,16H,4,7-9,12H2,1H3,(H,28,32). The number of morpholine rings is 2. The number of ether oxygens (including phenoxy) is 2. The molecule has 8 aliphatic heterocycles. The first-order valence-corrected chi connectivity index (χ1v) is 45.8. The highest BCUT2D eigenvalue weighted by Gasteiger charge is 2.57. The average molecular weight is 1960 g/mol. The fourth-order valence-electron chi connectivity index (χ4n) is 18.1. The van der Waals surface area contributed by atoms with Gasteiger partial charge in [0.1, 0.15) is 46.5 Å². The fourth-order valence-corrected chi connectivity index (χ4v) is 19.0. The molecule has 9 heterocycles. The minimum atomic E-state index is -4.35. The molecular weight excluding hydrogens is 1860 g/mol. The van der Waals surface area contributed by atoms with Gasteiger partial charge in [-0.25, -0.2) is 43.5 Å². The van der Waals surface area contributed by atoms with E-state index in [-0.39, 0.29) is 114 Å². The molecule has 8 aliphatic rings. The SMILES string of the molecule is C=C(N1CCC(N2CCOCC2)CC1)C(F)(F)c1cc(C(=O)Nc2ccc(F)c(C)c2)ccc1F.Cc1cc(NC(=O)c2ccc(F)c(C(F)(F)C(=O)N3C4CCC3c3cc[nH]c3C4)c2)ccc1F.Cc1cc(NC(=O)c2ccc(F)c(C(F)(F)C(=O)N3C4COCC3CN(S(C)(=O)=O)C4)c2)ccc1F.Cc1cc(NC(=O)c2ccc(F)c(C(F)(F)C(=O)N3CCN4C(=O)CCC4C3)c2)ccc1F. The molecule has 0 saturated carbocycles. The first-order chi connectivity index (χ1) is 65.2. The van der Waals surface area contributed by atoms with Crippen molar-refractivity contribution in [2.75, 3.05) is 113 Å². The molecule has 8 aromatic carbocycles. The van der Waals surface area contributed by atoms with E-state index in [1.165, 1.54) is 92.1 Å². The summed E-state index contributed by atoms with van der Waals surface area (Å²) in [6.07, 6.45) is 6.46. The number of allylic oxidation sites excluding steroid dienone is 1. The number of alkyl halides is 8. The lowest BCUT2D eigenvalue weighted by Gasteiger charge is -2.49. The van der Waals surface area contributed by atoms with Crippen molar-refractivity contribution in [1.29, 1.82) is 0 Å². The van der Waals surface area contributed by atoms with E-state index in [1.54, 1.807) is 17.2 Å². The zero-order chi connectivity index (χ0) is 99.7. The number of anilines is 4. The number of nitrogens with zero attached hydrogens (tertiary/aromatic N) is 7. The number of aromatic amines is 1. The number of amides is 8.